The summed E-state index contributed by atoms with van der Waals surface area (Å²) in [4.78, 5) is 15.3. The van der Waals surface area contributed by atoms with Crippen LogP contribution in [-0.4, -0.2) is 29.5 Å². The van der Waals surface area contributed by atoms with Crippen LogP contribution < -0.4 is 5.32 Å². The second kappa shape index (κ2) is 8.04. The summed E-state index contributed by atoms with van der Waals surface area (Å²) in [6.45, 7) is 0.662. The largest absolute Gasteiger partial charge is 0.352 e. The molecular formula is C23H20N6S. The van der Waals surface area contributed by atoms with Crippen LogP contribution in [0.4, 0.5) is 0 Å². The van der Waals surface area contributed by atoms with Gasteiger partial charge in [0.25, 0.3) is 0 Å². The maximum atomic E-state index is 5.78. The van der Waals surface area contributed by atoms with E-state index < -0.39 is 0 Å². The normalized spacial score (nSPS) is 18.4. The molecule has 1 N–H and O–H groups in total. The van der Waals surface area contributed by atoms with Crippen LogP contribution in [0.5, 0.6) is 0 Å². The van der Waals surface area contributed by atoms with Crippen LogP contribution in [0.1, 0.15) is 29.0 Å². The van der Waals surface area contributed by atoms with Crippen LogP contribution in [0.2, 0.25) is 0 Å². The van der Waals surface area contributed by atoms with Crippen molar-refractivity contribution in [2.75, 3.05) is 0 Å². The van der Waals surface area contributed by atoms with Gasteiger partial charge < -0.3 is 14.8 Å². The molecule has 0 radical (unpaired) electrons. The average molecular weight is 413 g/mol. The second-order valence-electron chi connectivity index (χ2n) is 7.12. The van der Waals surface area contributed by atoms with Crippen molar-refractivity contribution >= 4 is 17.3 Å². The SMILES string of the molecule is S=C1NC(c2ccccn2)C(c2cccn2-c2ccncc2)N1Cc1cccnc1. The van der Waals surface area contributed by atoms with E-state index in [0.29, 0.717) is 11.7 Å². The van der Waals surface area contributed by atoms with Crippen molar-refractivity contribution in [3.8, 4) is 5.69 Å². The van der Waals surface area contributed by atoms with Gasteiger partial charge in [0.2, 0.25) is 0 Å². The lowest BCUT2D eigenvalue weighted by Gasteiger charge is -2.29. The van der Waals surface area contributed by atoms with Crippen molar-refractivity contribution in [1.29, 1.82) is 0 Å². The fourth-order valence-electron chi connectivity index (χ4n) is 3.96. The predicted molar refractivity (Wildman–Crippen MR) is 119 cm³/mol. The molecule has 4 aromatic heterocycles. The first-order valence-corrected chi connectivity index (χ1v) is 10.2. The molecule has 1 aliphatic heterocycles. The first-order valence-electron chi connectivity index (χ1n) is 9.76. The van der Waals surface area contributed by atoms with Gasteiger partial charge in [0.05, 0.1) is 17.8 Å². The van der Waals surface area contributed by atoms with E-state index in [4.69, 9.17) is 12.2 Å². The van der Waals surface area contributed by atoms with Crippen molar-refractivity contribution in [3.05, 3.63) is 109 Å². The Morgan fingerprint density at radius 2 is 1.80 bits per heavy atom. The number of nitrogens with one attached hydrogen (secondary N) is 1. The average Bonchev–Trinajstić information content (AvgIpc) is 3.40. The number of hydrogen-bond donors (Lipinski definition) is 1. The third kappa shape index (κ3) is 3.44. The zero-order valence-electron chi connectivity index (χ0n) is 16.2. The Kier molecular flexibility index (Phi) is 4.94. The predicted octanol–water partition coefficient (Wildman–Crippen LogP) is 3.84. The highest BCUT2D eigenvalue weighted by Gasteiger charge is 2.41. The Hall–Kier alpha value is -3.58. The van der Waals surface area contributed by atoms with E-state index in [2.05, 4.69) is 54.1 Å². The molecule has 0 spiro atoms. The molecule has 0 aliphatic carbocycles. The molecule has 5 rings (SSSR count). The Labute approximate surface area is 180 Å². The van der Waals surface area contributed by atoms with Crippen LogP contribution >= 0.6 is 12.2 Å². The van der Waals surface area contributed by atoms with Crippen LogP contribution in [0.25, 0.3) is 5.69 Å². The first-order chi connectivity index (χ1) is 14.8. The summed E-state index contributed by atoms with van der Waals surface area (Å²) >= 11 is 5.78. The number of rotatable bonds is 5. The minimum absolute atomic E-state index is 0.0317. The summed E-state index contributed by atoms with van der Waals surface area (Å²) in [6.07, 6.45) is 11.2. The summed E-state index contributed by atoms with van der Waals surface area (Å²) in [5, 5.41) is 4.22. The zero-order chi connectivity index (χ0) is 20.3. The fraction of sp³-hybridized carbons (Fsp3) is 0.130. The van der Waals surface area contributed by atoms with Crippen molar-refractivity contribution in [1.82, 2.24) is 29.7 Å². The van der Waals surface area contributed by atoms with E-state index in [-0.39, 0.29) is 12.1 Å². The molecule has 1 aliphatic rings. The smallest absolute Gasteiger partial charge is 0.170 e. The Morgan fingerprint density at radius 1 is 0.900 bits per heavy atom. The molecule has 0 bridgehead atoms. The highest BCUT2D eigenvalue weighted by atomic mass is 32.1. The van der Waals surface area contributed by atoms with Gasteiger partial charge in [-0.1, -0.05) is 12.1 Å². The fourth-order valence-corrected chi connectivity index (χ4v) is 4.27. The molecule has 0 amide bonds. The molecule has 2 unspecified atom stereocenters. The van der Waals surface area contributed by atoms with Gasteiger partial charge in [-0.15, -0.1) is 0 Å². The van der Waals surface area contributed by atoms with Gasteiger partial charge in [0.1, 0.15) is 0 Å². The number of nitrogens with zero attached hydrogens (tertiary/aromatic N) is 5. The molecule has 7 heteroatoms. The molecule has 5 heterocycles. The van der Waals surface area contributed by atoms with E-state index in [1.807, 2.05) is 48.8 Å². The topological polar surface area (TPSA) is 58.9 Å². The van der Waals surface area contributed by atoms with Gasteiger partial charge >= 0.3 is 0 Å². The summed E-state index contributed by atoms with van der Waals surface area (Å²) in [5.74, 6) is 0. The molecule has 4 aromatic rings. The standard InChI is InChI=1S/C23H20N6S/c30-23-27-21(19-6-1-2-11-26-19)22(29(23)16-17-5-3-10-25-15-17)20-7-4-14-28(20)18-8-12-24-13-9-18/h1-15,21-22H,16H2,(H,27,30). The van der Waals surface area contributed by atoms with Gasteiger partial charge in [-0.3, -0.25) is 15.0 Å². The highest BCUT2D eigenvalue weighted by molar-refractivity contribution is 7.80. The van der Waals surface area contributed by atoms with E-state index in [1.165, 1.54) is 0 Å². The maximum absolute atomic E-state index is 5.78. The lowest BCUT2D eigenvalue weighted by atomic mass is 10.0. The van der Waals surface area contributed by atoms with Crippen LogP contribution in [0.3, 0.4) is 0 Å². The van der Waals surface area contributed by atoms with Crippen molar-refractivity contribution in [2.24, 2.45) is 0 Å². The van der Waals surface area contributed by atoms with Crippen molar-refractivity contribution in [3.63, 3.8) is 0 Å². The highest BCUT2D eigenvalue weighted by Crippen LogP contribution is 2.40. The molecule has 6 nitrogen and oxygen atoms in total. The van der Waals surface area contributed by atoms with Crippen LogP contribution in [-0.2, 0) is 6.54 Å². The Morgan fingerprint density at radius 3 is 2.57 bits per heavy atom. The van der Waals surface area contributed by atoms with Gasteiger partial charge in [-0.25, -0.2) is 0 Å². The van der Waals surface area contributed by atoms with E-state index in [1.54, 1.807) is 18.6 Å². The quantitative estimate of drug-likeness (QED) is 0.503. The summed E-state index contributed by atoms with van der Waals surface area (Å²) in [5.41, 5.74) is 4.26. The van der Waals surface area contributed by atoms with Crippen LogP contribution in [0.15, 0.2) is 91.8 Å². The molecule has 30 heavy (non-hydrogen) atoms. The zero-order valence-corrected chi connectivity index (χ0v) is 17.0. The minimum atomic E-state index is -0.0640. The maximum Gasteiger partial charge on any atom is 0.170 e. The monoisotopic (exact) mass is 412 g/mol. The van der Waals surface area contributed by atoms with Crippen molar-refractivity contribution < 1.29 is 0 Å². The van der Waals surface area contributed by atoms with E-state index in [9.17, 15) is 0 Å². The molecule has 2 atom stereocenters. The molecule has 0 saturated carbocycles. The molecule has 1 fully saturated rings. The Balaban J connectivity index is 1.60. The second-order valence-corrected chi connectivity index (χ2v) is 7.51. The number of hydrogen-bond acceptors (Lipinski definition) is 4. The van der Waals surface area contributed by atoms with Gasteiger partial charge in [-0.2, -0.15) is 0 Å². The first kappa shape index (κ1) is 18.4. The molecular weight excluding hydrogens is 392 g/mol. The lowest BCUT2D eigenvalue weighted by molar-refractivity contribution is 0.302. The summed E-state index contributed by atoms with van der Waals surface area (Å²) in [7, 11) is 0. The van der Waals surface area contributed by atoms with Crippen molar-refractivity contribution in [2.45, 2.75) is 18.6 Å². The number of pyridine rings is 3. The third-order valence-corrected chi connectivity index (χ3v) is 5.65. The van der Waals surface area contributed by atoms with Gasteiger partial charge in [0, 0.05) is 55.1 Å². The van der Waals surface area contributed by atoms with Crippen LogP contribution in [0, 0.1) is 0 Å². The number of thiocarbonyl (C=S) groups is 1. The molecule has 1 saturated heterocycles. The van der Waals surface area contributed by atoms with Gasteiger partial charge in [-0.05, 0) is 60.2 Å². The Bertz CT molecular complexity index is 1130. The molecule has 0 aromatic carbocycles. The van der Waals surface area contributed by atoms with E-state index in [0.717, 1.165) is 22.6 Å². The summed E-state index contributed by atoms with van der Waals surface area (Å²) in [6, 6.07) is 18.1. The molecule has 148 valence electrons. The summed E-state index contributed by atoms with van der Waals surface area (Å²) < 4.78 is 2.19. The third-order valence-electron chi connectivity index (χ3n) is 5.30. The van der Waals surface area contributed by atoms with E-state index >= 15 is 0 Å². The van der Waals surface area contributed by atoms with Gasteiger partial charge in [0.15, 0.2) is 5.11 Å². The lowest BCUT2D eigenvalue weighted by Crippen LogP contribution is -2.30. The minimum Gasteiger partial charge on any atom is -0.352 e. The number of aromatic nitrogens is 4.